The SMILES string of the molecule is O=c1[nH]ccnc1NCC1CN(c2ccc(-c3ccncc3)nn2)C1. The van der Waals surface area contributed by atoms with Crippen LogP contribution in [0.4, 0.5) is 11.6 Å². The van der Waals surface area contributed by atoms with Crippen LogP contribution < -0.4 is 15.8 Å². The first-order valence-electron chi connectivity index (χ1n) is 8.06. The molecule has 8 heteroatoms. The summed E-state index contributed by atoms with van der Waals surface area (Å²) in [6, 6.07) is 7.77. The number of H-pyrrole nitrogens is 1. The molecule has 1 saturated heterocycles. The van der Waals surface area contributed by atoms with E-state index in [4.69, 9.17) is 0 Å². The molecule has 4 heterocycles. The van der Waals surface area contributed by atoms with Gasteiger partial charge >= 0.3 is 0 Å². The lowest BCUT2D eigenvalue weighted by Crippen LogP contribution is -2.50. The lowest BCUT2D eigenvalue weighted by molar-refractivity contribution is 0.425. The van der Waals surface area contributed by atoms with Crippen molar-refractivity contribution in [1.29, 1.82) is 0 Å². The molecule has 3 aromatic rings. The van der Waals surface area contributed by atoms with Gasteiger partial charge in [-0.25, -0.2) is 4.98 Å². The number of aromatic amines is 1. The summed E-state index contributed by atoms with van der Waals surface area (Å²) in [5.74, 6) is 1.68. The van der Waals surface area contributed by atoms with E-state index in [9.17, 15) is 4.79 Å². The monoisotopic (exact) mass is 335 g/mol. The Morgan fingerprint density at radius 2 is 1.96 bits per heavy atom. The van der Waals surface area contributed by atoms with Gasteiger partial charge in [-0.3, -0.25) is 9.78 Å². The zero-order chi connectivity index (χ0) is 17.1. The van der Waals surface area contributed by atoms with Gasteiger partial charge in [0.15, 0.2) is 11.6 Å². The number of aromatic nitrogens is 5. The van der Waals surface area contributed by atoms with Gasteiger partial charge in [-0.2, -0.15) is 0 Å². The highest BCUT2D eigenvalue weighted by molar-refractivity contribution is 5.59. The topological polar surface area (TPSA) is 99.7 Å². The lowest BCUT2D eigenvalue weighted by Gasteiger charge is -2.39. The molecular weight excluding hydrogens is 318 g/mol. The molecule has 4 rings (SSSR count). The average molecular weight is 335 g/mol. The van der Waals surface area contributed by atoms with E-state index < -0.39 is 0 Å². The zero-order valence-corrected chi connectivity index (χ0v) is 13.5. The highest BCUT2D eigenvalue weighted by atomic mass is 16.1. The molecule has 0 amide bonds. The van der Waals surface area contributed by atoms with Gasteiger partial charge in [-0.05, 0) is 24.3 Å². The highest BCUT2D eigenvalue weighted by Crippen LogP contribution is 2.24. The summed E-state index contributed by atoms with van der Waals surface area (Å²) in [7, 11) is 0. The number of rotatable bonds is 5. The minimum atomic E-state index is -0.198. The first-order chi connectivity index (χ1) is 12.3. The van der Waals surface area contributed by atoms with Crippen LogP contribution in [0, 0.1) is 5.92 Å². The van der Waals surface area contributed by atoms with Gasteiger partial charge in [0.2, 0.25) is 0 Å². The third kappa shape index (κ3) is 3.32. The molecule has 0 unspecified atom stereocenters. The second-order valence-electron chi connectivity index (χ2n) is 5.93. The van der Waals surface area contributed by atoms with Crippen molar-refractivity contribution in [2.24, 2.45) is 5.92 Å². The standard InChI is InChI=1S/C17H17N7O/c25-17-16(19-7-8-20-17)21-9-12-10-24(11-12)15-2-1-14(22-23-15)13-3-5-18-6-4-13/h1-8,12H,9-11H2,(H,19,21)(H,20,25). The largest absolute Gasteiger partial charge is 0.365 e. The summed E-state index contributed by atoms with van der Waals surface area (Å²) in [5, 5.41) is 11.7. The Bertz CT molecular complexity index is 889. The molecule has 0 atom stereocenters. The van der Waals surface area contributed by atoms with Crippen molar-refractivity contribution in [3.8, 4) is 11.3 Å². The molecule has 0 aromatic carbocycles. The highest BCUT2D eigenvalue weighted by Gasteiger charge is 2.28. The van der Waals surface area contributed by atoms with Crippen LogP contribution in [0.25, 0.3) is 11.3 Å². The van der Waals surface area contributed by atoms with E-state index in [1.807, 2.05) is 24.3 Å². The Labute approximate surface area is 144 Å². The molecule has 0 aliphatic carbocycles. The van der Waals surface area contributed by atoms with Crippen LogP contribution in [0.2, 0.25) is 0 Å². The minimum absolute atomic E-state index is 0.198. The fourth-order valence-corrected chi connectivity index (χ4v) is 2.78. The van der Waals surface area contributed by atoms with E-state index in [1.165, 1.54) is 6.20 Å². The van der Waals surface area contributed by atoms with E-state index in [0.717, 1.165) is 30.2 Å². The van der Waals surface area contributed by atoms with Crippen LogP contribution in [0.5, 0.6) is 0 Å². The summed E-state index contributed by atoms with van der Waals surface area (Å²) < 4.78 is 0. The van der Waals surface area contributed by atoms with Gasteiger partial charge in [0.05, 0.1) is 5.69 Å². The third-order valence-corrected chi connectivity index (χ3v) is 4.17. The number of hydrogen-bond acceptors (Lipinski definition) is 7. The third-order valence-electron chi connectivity index (χ3n) is 4.17. The molecular formula is C17H17N7O. The molecule has 1 aliphatic heterocycles. The minimum Gasteiger partial charge on any atom is -0.365 e. The summed E-state index contributed by atoms with van der Waals surface area (Å²) in [5.41, 5.74) is 1.64. The molecule has 3 aromatic heterocycles. The fraction of sp³-hybridized carbons (Fsp3) is 0.235. The maximum absolute atomic E-state index is 11.6. The van der Waals surface area contributed by atoms with Crippen molar-refractivity contribution in [2.75, 3.05) is 29.9 Å². The van der Waals surface area contributed by atoms with Crippen molar-refractivity contribution in [3.63, 3.8) is 0 Å². The second-order valence-corrected chi connectivity index (χ2v) is 5.93. The molecule has 0 bridgehead atoms. The van der Waals surface area contributed by atoms with Crippen LogP contribution >= 0.6 is 0 Å². The van der Waals surface area contributed by atoms with Crippen molar-refractivity contribution >= 4 is 11.6 Å². The predicted octanol–water partition coefficient (Wildman–Crippen LogP) is 1.17. The molecule has 0 spiro atoms. The number of pyridine rings is 1. The number of nitrogens with zero attached hydrogens (tertiary/aromatic N) is 5. The summed E-state index contributed by atoms with van der Waals surface area (Å²) in [4.78, 5) is 24.4. The van der Waals surface area contributed by atoms with E-state index in [-0.39, 0.29) is 5.56 Å². The van der Waals surface area contributed by atoms with Crippen molar-refractivity contribution < 1.29 is 0 Å². The van der Waals surface area contributed by atoms with Crippen LogP contribution in [0.1, 0.15) is 0 Å². The fourth-order valence-electron chi connectivity index (χ4n) is 2.78. The first-order valence-corrected chi connectivity index (χ1v) is 8.06. The van der Waals surface area contributed by atoms with Crippen LogP contribution in [-0.2, 0) is 0 Å². The number of hydrogen-bond donors (Lipinski definition) is 2. The smallest absolute Gasteiger partial charge is 0.290 e. The van der Waals surface area contributed by atoms with E-state index in [0.29, 0.717) is 18.3 Å². The molecule has 25 heavy (non-hydrogen) atoms. The van der Waals surface area contributed by atoms with Crippen molar-refractivity contribution in [2.45, 2.75) is 0 Å². The molecule has 2 N–H and O–H groups in total. The summed E-state index contributed by atoms with van der Waals surface area (Å²) in [6.07, 6.45) is 6.57. The summed E-state index contributed by atoms with van der Waals surface area (Å²) >= 11 is 0. The lowest BCUT2D eigenvalue weighted by atomic mass is 10.0. The molecule has 8 nitrogen and oxygen atoms in total. The Balaban J connectivity index is 1.32. The van der Waals surface area contributed by atoms with Crippen LogP contribution in [0.3, 0.4) is 0 Å². The van der Waals surface area contributed by atoms with E-state index >= 15 is 0 Å². The predicted molar refractivity (Wildman–Crippen MR) is 94.3 cm³/mol. The summed E-state index contributed by atoms with van der Waals surface area (Å²) in [6.45, 7) is 2.46. The van der Waals surface area contributed by atoms with Gasteiger partial charge < -0.3 is 15.2 Å². The Morgan fingerprint density at radius 1 is 1.12 bits per heavy atom. The van der Waals surface area contributed by atoms with Gasteiger partial charge in [-0.1, -0.05) is 0 Å². The Hall–Kier alpha value is -3.29. The van der Waals surface area contributed by atoms with E-state index in [1.54, 1.807) is 18.6 Å². The van der Waals surface area contributed by atoms with Crippen molar-refractivity contribution in [3.05, 3.63) is 59.4 Å². The maximum atomic E-state index is 11.6. The van der Waals surface area contributed by atoms with Gasteiger partial charge in [0.25, 0.3) is 5.56 Å². The van der Waals surface area contributed by atoms with Gasteiger partial charge in [-0.15, -0.1) is 10.2 Å². The molecule has 0 radical (unpaired) electrons. The Morgan fingerprint density at radius 3 is 2.68 bits per heavy atom. The maximum Gasteiger partial charge on any atom is 0.290 e. The Kier molecular flexibility index (Phi) is 4.07. The normalized spacial score (nSPS) is 14.2. The molecule has 126 valence electrons. The van der Waals surface area contributed by atoms with Crippen molar-refractivity contribution in [1.82, 2.24) is 25.1 Å². The molecule has 0 saturated carbocycles. The molecule has 1 aliphatic rings. The van der Waals surface area contributed by atoms with Gasteiger partial charge in [0, 0.05) is 55.9 Å². The average Bonchev–Trinajstić information content (AvgIpc) is 2.63. The van der Waals surface area contributed by atoms with Gasteiger partial charge in [0.1, 0.15) is 0 Å². The second kappa shape index (κ2) is 6.68. The number of anilines is 2. The quantitative estimate of drug-likeness (QED) is 0.722. The molecule has 1 fully saturated rings. The van der Waals surface area contributed by atoms with E-state index in [2.05, 4.69) is 35.4 Å². The number of nitrogens with one attached hydrogen (secondary N) is 2. The zero-order valence-electron chi connectivity index (χ0n) is 13.5. The first kappa shape index (κ1) is 15.3. The van der Waals surface area contributed by atoms with Crippen LogP contribution in [0.15, 0.2) is 53.8 Å². The van der Waals surface area contributed by atoms with Crippen LogP contribution in [-0.4, -0.2) is 44.8 Å².